The van der Waals surface area contributed by atoms with Crippen molar-refractivity contribution in [3.63, 3.8) is 0 Å². The monoisotopic (exact) mass is 328 g/mol. The molecule has 5 heteroatoms. The van der Waals surface area contributed by atoms with Gasteiger partial charge in [-0.3, -0.25) is 0 Å². The molecule has 1 saturated heterocycles. The van der Waals surface area contributed by atoms with Gasteiger partial charge < -0.3 is 14.4 Å². The second-order valence-corrected chi connectivity index (χ2v) is 6.68. The van der Waals surface area contributed by atoms with Crippen LogP contribution in [0.4, 0.5) is 0 Å². The molecule has 118 valence electrons. The minimum Gasteiger partial charge on any atom is -0.383 e. The van der Waals surface area contributed by atoms with Crippen LogP contribution in [0.15, 0.2) is 42.7 Å². The Morgan fingerprint density at radius 3 is 2.78 bits per heavy atom. The first-order valence-electron chi connectivity index (χ1n) is 7.56. The molecule has 4 nitrogen and oxygen atoms in total. The SMILES string of the molecule is Cc1ccc(-c2ccc3c(c2)ncn3CC2(O)COC2)c(Cl)c1. The summed E-state index contributed by atoms with van der Waals surface area (Å²) in [5, 5.41) is 11.0. The lowest BCUT2D eigenvalue weighted by Gasteiger charge is -2.36. The number of hydrogen-bond acceptors (Lipinski definition) is 3. The summed E-state index contributed by atoms with van der Waals surface area (Å²) in [5.74, 6) is 0. The maximum absolute atomic E-state index is 10.2. The topological polar surface area (TPSA) is 47.3 Å². The van der Waals surface area contributed by atoms with Crippen LogP contribution < -0.4 is 0 Å². The molecule has 0 bridgehead atoms. The summed E-state index contributed by atoms with van der Waals surface area (Å²) in [5.41, 5.74) is 4.30. The number of rotatable bonds is 3. The van der Waals surface area contributed by atoms with Crippen molar-refractivity contribution in [3.05, 3.63) is 53.3 Å². The van der Waals surface area contributed by atoms with E-state index in [1.54, 1.807) is 6.33 Å². The fourth-order valence-corrected chi connectivity index (χ4v) is 3.30. The van der Waals surface area contributed by atoms with Crippen molar-refractivity contribution in [1.82, 2.24) is 9.55 Å². The minimum atomic E-state index is -0.771. The first-order chi connectivity index (χ1) is 11.0. The fraction of sp³-hybridized carbons (Fsp3) is 0.278. The number of benzene rings is 2. The smallest absolute Gasteiger partial charge is 0.129 e. The van der Waals surface area contributed by atoms with E-state index in [1.165, 1.54) is 0 Å². The van der Waals surface area contributed by atoms with E-state index < -0.39 is 5.60 Å². The van der Waals surface area contributed by atoms with E-state index in [0.717, 1.165) is 32.7 Å². The van der Waals surface area contributed by atoms with Gasteiger partial charge in [0.05, 0.1) is 37.1 Å². The molecule has 0 aliphatic carbocycles. The van der Waals surface area contributed by atoms with Gasteiger partial charge >= 0.3 is 0 Å². The van der Waals surface area contributed by atoms with Crippen molar-refractivity contribution >= 4 is 22.6 Å². The van der Waals surface area contributed by atoms with Crippen LogP contribution in [0.5, 0.6) is 0 Å². The summed E-state index contributed by atoms with van der Waals surface area (Å²) in [6.07, 6.45) is 1.77. The van der Waals surface area contributed by atoms with Gasteiger partial charge in [0.1, 0.15) is 5.60 Å². The Bertz CT molecular complexity index is 884. The van der Waals surface area contributed by atoms with E-state index in [1.807, 2.05) is 41.8 Å². The maximum Gasteiger partial charge on any atom is 0.129 e. The summed E-state index contributed by atoms with van der Waals surface area (Å²) in [4.78, 5) is 4.46. The third-order valence-corrected chi connectivity index (χ3v) is 4.58. The van der Waals surface area contributed by atoms with Gasteiger partial charge in [-0.25, -0.2) is 4.98 Å². The van der Waals surface area contributed by atoms with E-state index in [9.17, 15) is 5.11 Å². The lowest BCUT2D eigenvalue weighted by molar-refractivity contribution is -0.184. The van der Waals surface area contributed by atoms with Crippen molar-refractivity contribution in [2.45, 2.75) is 19.1 Å². The van der Waals surface area contributed by atoms with Crippen LogP contribution in [-0.4, -0.2) is 33.5 Å². The quantitative estimate of drug-likeness (QED) is 0.801. The van der Waals surface area contributed by atoms with Crippen LogP contribution in [0.25, 0.3) is 22.2 Å². The second kappa shape index (κ2) is 5.34. The average Bonchev–Trinajstić information content (AvgIpc) is 2.88. The van der Waals surface area contributed by atoms with Crippen LogP contribution in [0.2, 0.25) is 5.02 Å². The van der Waals surface area contributed by atoms with Gasteiger partial charge in [-0.05, 0) is 36.2 Å². The molecule has 1 aliphatic rings. The number of nitrogens with zero attached hydrogens (tertiary/aromatic N) is 2. The first kappa shape index (κ1) is 14.7. The third kappa shape index (κ3) is 2.63. The highest BCUT2D eigenvalue weighted by Gasteiger charge is 2.36. The fourth-order valence-electron chi connectivity index (χ4n) is 2.96. The summed E-state index contributed by atoms with van der Waals surface area (Å²) in [6.45, 7) is 3.27. The van der Waals surface area contributed by atoms with Crippen molar-refractivity contribution in [1.29, 1.82) is 0 Å². The number of aliphatic hydroxyl groups is 1. The molecule has 4 rings (SSSR count). The molecule has 0 saturated carbocycles. The number of ether oxygens (including phenoxy) is 1. The summed E-state index contributed by atoms with van der Waals surface area (Å²) >= 11 is 6.36. The molecular weight excluding hydrogens is 312 g/mol. The van der Waals surface area contributed by atoms with Gasteiger partial charge in [-0.1, -0.05) is 29.8 Å². The van der Waals surface area contributed by atoms with Crippen LogP contribution in [0.1, 0.15) is 5.56 Å². The van der Waals surface area contributed by atoms with Gasteiger partial charge in [0.25, 0.3) is 0 Å². The number of aromatic nitrogens is 2. The van der Waals surface area contributed by atoms with E-state index >= 15 is 0 Å². The van der Waals surface area contributed by atoms with Crippen LogP contribution in [0.3, 0.4) is 0 Å². The zero-order chi connectivity index (χ0) is 16.0. The van der Waals surface area contributed by atoms with Gasteiger partial charge in [-0.15, -0.1) is 0 Å². The highest BCUT2D eigenvalue weighted by Crippen LogP contribution is 2.31. The molecule has 2 heterocycles. The molecule has 1 aromatic heterocycles. The van der Waals surface area contributed by atoms with Gasteiger partial charge in [0.15, 0.2) is 0 Å². The van der Waals surface area contributed by atoms with E-state index in [4.69, 9.17) is 16.3 Å². The van der Waals surface area contributed by atoms with Gasteiger partial charge in [-0.2, -0.15) is 0 Å². The standard InChI is InChI=1S/C18H17ClN2O2/c1-12-2-4-14(15(19)6-12)13-3-5-17-16(7-13)20-11-21(17)8-18(22)9-23-10-18/h2-7,11,22H,8-10H2,1H3. The number of hydrogen-bond donors (Lipinski definition) is 1. The zero-order valence-corrected chi connectivity index (χ0v) is 13.5. The van der Waals surface area contributed by atoms with E-state index in [2.05, 4.69) is 11.1 Å². The molecule has 2 aromatic carbocycles. The summed E-state index contributed by atoms with van der Waals surface area (Å²) < 4.78 is 7.07. The Morgan fingerprint density at radius 2 is 2.09 bits per heavy atom. The highest BCUT2D eigenvalue weighted by molar-refractivity contribution is 6.33. The van der Waals surface area contributed by atoms with Crippen LogP contribution in [0, 0.1) is 6.92 Å². The molecule has 0 atom stereocenters. The number of fused-ring (bicyclic) bond motifs is 1. The Kier molecular flexibility index (Phi) is 3.41. The largest absolute Gasteiger partial charge is 0.383 e. The van der Waals surface area contributed by atoms with Crippen molar-refractivity contribution in [2.24, 2.45) is 0 Å². The zero-order valence-electron chi connectivity index (χ0n) is 12.8. The predicted molar refractivity (Wildman–Crippen MR) is 90.7 cm³/mol. The van der Waals surface area contributed by atoms with E-state index in [-0.39, 0.29) is 0 Å². The molecule has 0 amide bonds. The second-order valence-electron chi connectivity index (χ2n) is 6.28. The average molecular weight is 329 g/mol. The molecule has 0 unspecified atom stereocenters. The minimum absolute atomic E-state index is 0.379. The van der Waals surface area contributed by atoms with Crippen molar-refractivity contribution < 1.29 is 9.84 Å². The maximum atomic E-state index is 10.2. The molecule has 0 radical (unpaired) electrons. The highest BCUT2D eigenvalue weighted by atomic mass is 35.5. The molecule has 1 aliphatic heterocycles. The third-order valence-electron chi connectivity index (χ3n) is 4.26. The number of imidazole rings is 1. The molecule has 3 aromatic rings. The Labute approximate surface area is 139 Å². The molecule has 1 N–H and O–H groups in total. The summed E-state index contributed by atoms with van der Waals surface area (Å²) in [7, 11) is 0. The number of halogens is 1. The van der Waals surface area contributed by atoms with Crippen molar-refractivity contribution in [3.8, 4) is 11.1 Å². The van der Waals surface area contributed by atoms with Crippen LogP contribution >= 0.6 is 11.6 Å². The Morgan fingerprint density at radius 1 is 1.26 bits per heavy atom. The van der Waals surface area contributed by atoms with Crippen molar-refractivity contribution in [2.75, 3.05) is 13.2 Å². The predicted octanol–water partition coefficient (Wildman–Crippen LogP) is 3.43. The molecular formula is C18H17ClN2O2. The van der Waals surface area contributed by atoms with Gasteiger partial charge in [0.2, 0.25) is 0 Å². The lowest BCUT2D eigenvalue weighted by Crippen LogP contribution is -2.52. The van der Waals surface area contributed by atoms with E-state index in [0.29, 0.717) is 19.8 Å². The Hall–Kier alpha value is -1.88. The summed E-state index contributed by atoms with van der Waals surface area (Å²) in [6, 6.07) is 12.1. The Balaban J connectivity index is 1.71. The normalized spacial score (nSPS) is 16.5. The van der Waals surface area contributed by atoms with Crippen LogP contribution in [-0.2, 0) is 11.3 Å². The molecule has 23 heavy (non-hydrogen) atoms. The molecule has 1 fully saturated rings. The number of aryl methyl sites for hydroxylation is 1. The lowest BCUT2D eigenvalue weighted by atomic mass is 10.0. The first-order valence-corrected chi connectivity index (χ1v) is 7.93. The molecule has 0 spiro atoms. The van der Waals surface area contributed by atoms with Gasteiger partial charge in [0, 0.05) is 10.6 Å².